The first-order chi connectivity index (χ1) is 18.3. The second kappa shape index (κ2) is 11.1. The fourth-order valence-electron chi connectivity index (χ4n) is 4.49. The quantitative estimate of drug-likeness (QED) is 0.285. The van der Waals surface area contributed by atoms with E-state index in [0.29, 0.717) is 23.0 Å². The van der Waals surface area contributed by atoms with E-state index in [1.54, 1.807) is 23.8 Å². The number of pyridine rings is 4. The van der Waals surface area contributed by atoms with Gasteiger partial charge in [0.25, 0.3) is 5.56 Å². The highest BCUT2D eigenvalue weighted by Gasteiger charge is 2.20. The third-order valence-corrected chi connectivity index (χ3v) is 7.27. The van der Waals surface area contributed by atoms with E-state index in [1.807, 2.05) is 31.2 Å². The van der Waals surface area contributed by atoms with Crippen molar-refractivity contribution in [2.45, 2.75) is 39.2 Å². The van der Waals surface area contributed by atoms with Crippen LogP contribution >= 0.6 is 15.9 Å². The Morgan fingerprint density at radius 2 is 1.87 bits per heavy atom. The zero-order chi connectivity index (χ0) is 26.8. The molecule has 1 fully saturated rings. The molecule has 1 aliphatic rings. The van der Waals surface area contributed by atoms with Gasteiger partial charge in [0.05, 0.1) is 23.3 Å². The van der Waals surface area contributed by atoms with Crippen molar-refractivity contribution in [1.29, 1.82) is 0 Å². The molecule has 0 aliphatic carbocycles. The van der Waals surface area contributed by atoms with E-state index in [-0.39, 0.29) is 28.1 Å². The van der Waals surface area contributed by atoms with Gasteiger partial charge in [0.2, 0.25) is 0 Å². The zero-order valence-corrected chi connectivity index (χ0v) is 22.5. The highest BCUT2D eigenvalue weighted by Crippen LogP contribution is 2.29. The lowest BCUT2D eigenvalue weighted by Gasteiger charge is -2.22. The normalized spacial score (nSPS) is 14.0. The zero-order valence-electron chi connectivity index (χ0n) is 20.9. The molecule has 0 atom stereocenters. The van der Waals surface area contributed by atoms with Gasteiger partial charge >= 0.3 is 0 Å². The molecule has 0 amide bonds. The molecule has 5 heterocycles. The summed E-state index contributed by atoms with van der Waals surface area (Å²) in [6.07, 6.45) is 4.51. The minimum absolute atomic E-state index is 0.0646. The molecule has 0 aromatic carbocycles. The van der Waals surface area contributed by atoms with E-state index in [4.69, 9.17) is 14.5 Å². The van der Waals surface area contributed by atoms with Crippen LogP contribution < -0.4 is 10.3 Å². The number of ether oxygens (including phenoxy) is 2. The van der Waals surface area contributed by atoms with Crippen LogP contribution in [0.25, 0.3) is 17.1 Å². The maximum atomic E-state index is 14.0. The summed E-state index contributed by atoms with van der Waals surface area (Å²) in [4.78, 5) is 26.6. The van der Waals surface area contributed by atoms with Gasteiger partial charge in [-0.05, 0) is 66.4 Å². The van der Waals surface area contributed by atoms with E-state index in [1.165, 1.54) is 0 Å². The summed E-state index contributed by atoms with van der Waals surface area (Å²) in [6, 6.07) is 10.2. The third-order valence-electron chi connectivity index (χ3n) is 6.54. The lowest BCUT2D eigenvalue weighted by molar-refractivity contribution is 0.0845. The van der Waals surface area contributed by atoms with Gasteiger partial charge in [0.15, 0.2) is 5.82 Å². The minimum Gasteiger partial charge on any atom is -0.486 e. The van der Waals surface area contributed by atoms with Crippen molar-refractivity contribution in [3.63, 3.8) is 0 Å². The molecule has 4 aromatic heterocycles. The second-order valence-corrected chi connectivity index (χ2v) is 9.96. The fraction of sp³-hybridized carbons (Fsp3) is 0.286. The molecule has 7 nitrogen and oxygen atoms in total. The Morgan fingerprint density at radius 1 is 1.08 bits per heavy atom. The summed E-state index contributed by atoms with van der Waals surface area (Å²) in [5.74, 6) is -1.02. The molecule has 0 radical (unpaired) electrons. The van der Waals surface area contributed by atoms with Crippen molar-refractivity contribution in [2.75, 3.05) is 13.2 Å². The van der Waals surface area contributed by atoms with Crippen molar-refractivity contribution < 1.29 is 18.3 Å². The summed E-state index contributed by atoms with van der Waals surface area (Å²) in [7, 11) is 0. The molecule has 0 unspecified atom stereocenters. The standard InChI is InChI=1S/C28H25BrF2N4O3/c1-16-13-32-23(22-5-3-4-21(34-22)18-6-8-37-9-7-18)12-25(16)35-17(2)10-26(27(29)28(35)36)38-15-24-20(31)11-19(30)14-33-24/h3-5,10-14,18H,6-9,15H2,1-2H3. The van der Waals surface area contributed by atoms with Crippen molar-refractivity contribution in [1.82, 2.24) is 19.5 Å². The Bertz CT molecular complexity index is 1550. The second-order valence-electron chi connectivity index (χ2n) is 9.17. The van der Waals surface area contributed by atoms with Crippen LogP contribution in [0.5, 0.6) is 5.75 Å². The van der Waals surface area contributed by atoms with Gasteiger partial charge < -0.3 is 9.47 Å². The molecule has 38 heavy (non-hydrogen) atoms. The van der Waals surface area contributed by atoms with Crippen molar-refractivity contribution in [3.05, 3.63) is 97.9 Å². The monoisotopic (exact) mass is 582 g/mol. The first-order valence-corrected chi connectivity index (χ1v) is 13.0. The number of aryl methyl sites for hydroxylation is 2. The van der Waals surface area contributed by atoms with Crippen molar-refractivity contribution >= 4 is 15.9 Å². The van der Waals surface area contributed by atoms with E-state index < -0.39 is 11.6 Å². The van der Waals surface area contributed by atoms with Crippen LogP contribution in [-0.2, 0) is 11.3 Å². The van der Waals surface area contributed by atoms with Crippen LogP contribution in [0.15, 0.2) is 58.1 Å². The number of aromatic nitrogens is 4. The molecule has 1 saturated heterocycles. The van der Waals surface area contributed by atoms with Gasteiger partial charge in [0, 0.05) is 48.8 Å². The van der Waals surface area contributed by atoms with Gasteiger partial charge in [-0.25, -0.2) is 8.78 Å². The summed E-state index contributed by atoms with van der Waals surface area (Å²) in [5, 5.41) is 0. The van der Waals surface area contributed by atoms with Crippen molar-refractivity contribution in [2.24, 2.45) is 0 Å². The molecule has 0 N–H and O–H groups in total. The molecule has 4 aromatic rings. The molecule has 196 valence electrons. The Labute approximate surface area is 226 Å². The Balaban J connectivity index is 1.47. The number of nitrogens with zero attached hydrogens (tertiary/aromatic N) is 4. The topological polar surface area (TPSA) is 79.1 Å². The van der Waals surface area contributed by atoms with E-state index in [9.17, 15) is 13.6 Å². The summed E-state index contributed by atoms with van der Waals surface area (Å²) in [6.45, 7) is 4.86. The first kappa shape index (κ1) is 26.1. The Hall–Kier alpha value is -3.50. The van der Waals surface area contributed by atoms with Gasteiger partial charge in [-0.2, -0.15) is 0 Å². The lowest BCUT2D eigenvalue weighted by Crippen LogP contribution is -2.23. The van der Waals surface area contributed by atoms with Crippen LogP contribution in [0.3, 0.4) is 0 Å². The van der Waals surface area contributed by atoms with Crippen LogP contribution in [-0.4, -0.2) is 32.7 Å². The minimum atomic E-state index is -0.819. The van der Waals surface area contributed by atoms with Crippen molar-refractivity contribution in [3.8, 4) is 22.8 Å². The van der Waals surface area contributed by atoms with Crippen LogP contribution in [0.4, 0.5) is 8.78 Å². The van der Waals surface area contributed by atoms with E-state index in [0.717, 1.165) is 55.3 Å². The fourth-order valence-corrected chi connectivity index (χ4v) is 4.90. The number of halogens is 3. The van der Waals surface area contributed by atoms with Crippen LogP contribution in [0.1, 0.15) is 41.4 Å². The SMILES string of the molecule is Cc1cnc(-c2cccc(C3CCOCC3)n2)cc1-n1c(C)cc(OCc2ncc(F)cc2F)c(Br)c1=O. The Morgan fingerprint density at radius 3 is 2.63 bits per heavy atom. The largest absolute Gasteiger partial charge is 0.486 e. The average Bonchev–Trinajstić information content (AvgIpc) is 2.92. The summed E-state index contributed by atoms with van der Waals surface area (Å²) >= 11 is 3.34. The summed E-state index contributed by atoms with van der Waals surface area (Å²) in [5.41, 5.74) is 4.05. The van der Waals surface area contributed by atoms with E-state index >= 15 is 0 Å². The molecule has 1 aliphatic heterocycles. The maximum absolute atomic E-state index is 14.0. The smallest absolute Gasteiger partial charge is 0.273 e. The maximum Gasteiger partial charge on any atom is 0.273 e. The average molecular weight is 583 g/mol. The summed E-state index contributed by atoms with van der Waals surface area (Å²) < 4.78 is 40.0. The predicted molar refractivity (Wildman–Crippen MR) is 142 cm³/mol. The van der Waals surface area contributed by atoms with Gasteiger partial charge in [-0.15, -0.1) is 0 Å². The van der Waals surface area contributed by atoms with E-state index in [2.05, 4.69) is 25.9 Å². The molecular formula is C28H25BrF2N4O3. The van der Waals surface area contributed by atoms with Gasteiger partial charge in [-0.3, -0.25) is 24.3 Å². The number of hydrogen-bond acceptors (Lipinski definition) is 6. The number of rotatable bonds is 6. The molecular weight excluding hydrogens is 558 g/mol. The molecule has 10 heteroatoms. The lowest BCUT2D eigenvalue weighted by atomic mass is 9.95. The highest BCUT2D eigenvalue weighted by molar-refractivity contribution is 9.10. The van der Waals surface area contributed by atoms with Crippen LogP contribution in [0.2, 0.25) is 0 Å². The van der Waals surface area contributed by atoms with Gasteiger partial charge in [-0.1, -0.05) is 6.07 Å². The molecule has 0 spiro atoms. The molecule has 0 bridgehead atoms. The predicted octanol–water partition coefficient (Wildman–Crippen LogP) is 5.82. The van der Waals surface area contributed by atoms with Crippen LogP contribution in [0, 0.1) is 25.5 Å². The first-order valence-electron chi connectivity index (χ1n) is 12.2. The number of hydrogen-bond donors (Lipinski definition) is 0. The molecule has 0 saturated carbocycles. The third kappa shape index (κ3) is 5.37. The molecule has 5 rings (SSSR count). The van der Waals surface area contributed by atoms with Gasteiger partial charge in [0.1, 0.15) is 28.3 Å². The highest BCUT2D eigenvalue weighted by atomic mass is 79.9. The Kier molecular flexibility index (Phi) is 7.62.